The maximum Gasteiger partial charge on any atom is 0.408 e. The van der Waals surface area contributed by atoms with Gasteiger partial charge in [-0.2, -0.15) is 0 Å². The van der Waals surface area contributed by atoms with Gasteiger partial charge in [-0.15, -0.1) is 11.3 Å². The minimum Gasteiger partial charge on any atom is -0.477 e. The standard InChI is InChI=1S/C22H29N3O5S/c1-22(2,3)10-8-15-12-16(18(31-15)20(27)28)24-13-4-6-14(7-5-13)25-21(29)30-17-9-11-23-19(17)26/h12-14,17,24H,4-7,9,11H2,1-3H3,(H,23,26)(H,25,29)(H,27,28)/t13?,14?,17-/m1/s1. The molecular formula is C22H29N3O5S. The molecule has 1 aliphatic heterocycles. The average Bonchev–Trinajstić information content (AvgIpc) is 3.27. The van der Waals surface area contributed by atoms with Crippen LogP contribution in [0, 0.1) is 17.3 Å². The summed E-state index contributed by atoms with van der Waals surface area (Å²) < 4.78 is 5.19. The first-order valence-corrected chi connectivity index (χ1v) is 11.3. The fourth-order valence-corrected chi connectivity index (χ4v) is 4.40. The van der Waals surface area contributed by atoms with Gasteiger partial charge in [0.15, 0.2) is 6.10 Å². The van der Waals surface area contributed by atoms with E-state index < -0.39 is 18.2 Å². The smallest absolute Gasteiger partial charge is 0.408 e. The van der Waals surface area contributed by atoms with E-state index in [-0.39, 0.29) is 28.3 Å². The fourth-order valence-electron chi connectivity index (χ4n) is 3.58. The van der Waals surface area contributed by atoms with Gasteiger partial charge in [-0.25, -0.2) is 9.59 Å². The molecule has 1 aliphatic carbocycles. The topological polar surface area (TPSA) is 117 Å². The fraction of sp³-hybridized carbons (Fsp3) is 0.591. The lowest BCUT2D eigenvalue weighted by atomic mass is 9.91. The van der Waals surface area contributed by atoms with Crippen LogP contribution in [0.25, 0.3) is 0 Å². The maximum absolute atomic E-state index is 12.0. The lowest BCUT2D eigenvalue weighted by Gasteiger charge is -2.30. The van der Waals surface area contributed by atoms with Gasteiger partial charge >= 0.3 is 12.1 Å². The third-order valence-electron chi connectivity index (χ3n) is 5.14. The van der Waals surface area contributed by atoms with E-state index in [9.17, 15) is 19.5 Å². The summed E-state index contributed by atoms with van der Waals surface area (Å²) >= 11 is 1.18. The zero-order valence-corrected chi connectivity index (χ0v) is 18.9. The van der Waals surface area contributed by atoms with Gasteiger partial charge in [-0.1, -0.05) is 11.8 Å². The molecule has 1 atom stereocenters. The molecule has 1 aromatic heterocycles. The van der Waals surface area contributed by atoms with Crippen molar-refractivity contribution in [2.24, 2.45) is 5.41 Å². The number of nitrogens with one attached hydrogen (secondary N) is 3. The van der Waals surface area contributed by atoms with Gasteiger partial charge in [0, 0.05) is 30.5 Å². The first-order valence-electron chi connectivity index (χ1n) is 10.5. The summed E-state index contributed by atoms with van der Waals surface area (Å²) in [5.41, 5.74) is 0.438. The molecule has 1 saturated heterocycles. The van der Waals surface area contributed by atoms with E-state index in [1.807, 2.05) is 20.8 Å². The Bertz CT molecular complexity index is 900. The Balaban J connectivity index is 1.52. The molecule has 0 unspecified atom stereocenters. The van der Waals surface area contributed by atoms with Gasteiger partial charge in [-0.3, -0.25) is 4.79 Å². The van der Waals surface area contributed by atoms with Crippen molar-refractivity contribution in [1.29, 1.82) is 0 Å². The molecule has 31 heavy (non-hydrogen) atoms. The Kier molecular flexibility index (Phi) is 7.11. The van der Waals surface area contributed by atoms with Crippen LogP contribution >= 0.6 is 11.3 Å². The molecule has 0 bridgehead atoms. The van der Waals surface area contributed by atoms with Crippen molar-refractivity contribution < 1.29 is 24.2 Å². The maximum atomic E-state index is 12.0. The van der Waals surface area contributed by atoms with Crippen LogP contribution in [0.4, 0.5) is 10.5 Å². The van der Waals surface area contributed by atoms with Crippen molar-refractivity contribution in [3.05, 3.63) is 15.8 Å². The van der Waals surface area contributed by atoms with E-state index in [0.717, 1.165) is 30.6 Å². The molecule has 4 N–H and O–H groups in total. The second-order valence-corrected chi connectivity index (χ2v) is 10.0. The van der Waals surface area contributed by atoms with Crippen molar-refractivity contribution >= 4 is 35.0 Å². The Labute approximate surface area is 186 Å². The average molecular weight is 448 g/mol. The van der Waals surface area contributed by atoms with Crippen molar-refractivity contribution in [2.45, 2.75) is 71.1 Å². The number of alkyl carbamates (subject to hydrolysis) is 1. The molecule has 9 heteroatoms. The van der Waals surface area contributed by atoms with Crippen LogP contribution in [0.15, 0.2) is 6.07 Å². The number of aromatic carboxylic acids is 1. The first kappa shape index (κ1) is 22.9. The van der Waals surface area contributed by atoms with Gasteiger partial charge in [0.1, 0.15) is 4.88 Å². The summed E-state index contributed by atoms with van der Waals surface area (Å²) in [4.78, 5) is 36.2. The molecule has 1 aromatic rings. The van der Waals surface area contributed by atoms with Gasteiger partial charge in [0.25, 0.3) is 5.91 Å². The Hall–Kier alpha value is -2.73. The molecule has 2 heterocycles. The quantitative estimate of drug-likeness (QED) is 0.515. The summed E-state index contributed by atoms with van der Waals surface area (Å²) in [5, 5.41) is 18.4. The molecule has 2 amide bonds. The second kappa shape index (κ2) is 9.60. The highest BCUT2D eigenvalue weighted by atomic mass is 32.1. The SMILES string of the molecule is CC(C)(C)C#Cc1cc(NC2CCC(NC(=O)O[C@@H]3CCNC3=O)CC2)c(C(=O)O)s1. The van der Waals surface area contributed by atoms with E-state index >= 15 is 0 Å². The van der Waals surface area contributed by atoms with Gasteiger partial charge in [0.05, 0.1) is 10.6 Å². The van der Waals surface area contributed by atoms with E-state index in [2.05, 4.69) is 27.8 Å². The Morgan fingerprint density at radius 1 is 1.19 bits per heavy atom. The molecule has 0 radical (unpaired) electrons. The van der Waals surface area contributed by atoms with E-state index in [1.165, 1.54) is 11.3 Å². The molecule has 0 aromatic carbocycles. The largest absolute Gasteiger partial charge is 0.477 e. The van der Waals surface area contributed by atoms with Crippen LogP contribution in [-0.2, 0) is 9.53 Å². The summed E-state index contributed by atoms with van der Waals surface area (Å²) in [6, 6.07) is 1.90. The predicted molar refractivity (Wildman–Crippen MR) is 118 cm³/mol. The highest BCUT2D eigenvalue weighted by Crippen LogP contribution is 2.30. The monoisotopic (exact) mass is 447 g/mol. The molecule has 1 saturated carbocycles. The van der Waals surface area contributed by atoms with Crippen LogP contribution in [0.1, 0.15) is 67.4 Å². The summed E-state index contributed by atoms with van der Waals surface area (Å²) in [6.07, 6.45) is 2.28. The van der Waals surface area contributed by atoms with Crippen LogP contribution in [0.3, 0.4) is 0 Å². The zero-order chi connectivity index (χ0) is 22.6. The number of anilines is 1. The Morgan fingerprint density at radius 3 is 2.45 bits per heavy atom. The molecule has 2 aliphatic rings. The normalized spacial score (nSPS) is 23.3. The minimum absolute atomic E-state index is 0.0235. The van der Waals surface area contributed by atoms with E-state index in [1.54, 1.807) is 6.07 Å². The molecule has 2 fully saturated rings. The first-order chi connectivity index (χ1) is 14.6. The number of hydrogen-bond acceptors (Lipinski definition) is 6. The summed E-state index contributed by atoms with van der Waals surface area (Å²) in [7, 11) is 0. The third kappa shape index (κ3) is 6.62. The van der Waals surface area contributed by atoms with Crippen molar-refractivity contribution in [2.75, 3.05) is 11.9 Å². The number of thiophene rings is 1. The Morgan fingerprint density at radius 2 is 1.87 bits per heavy atom. The number of rotatable bonds is 5. The lowest BCUT2D eigenvalue weighted by Crippen LogP contribution is -2.42. The lowest BCUT2D eigenvalue weighted by molar-refractivity contribution is -0.126. The number of hydrogen-bond donors (Lipinski definition) is 4. The molecule has 8 nitrogen and oxygen atoms in total. The number of amides is 2. The van der Waals surface area contributed by atoms with E-state index in [4.69, 9.17) is 4.74 Å². The molecule has 0 spiro atoms. The number of ether oxygens (including phenoxy) is 1. The van der Waals surface area contributed by atoms with Crippen molar-refractivity contribution in [3.8, 4) is 11.8 Å². The second-order valence-electron chi connectivity index (χ2n) is 8.97. The van der Waals surface area contributed by atoms with Gasteiger partial charge in [0.2, 0.25) is 0 Å². The van der Waals surface area contributed by atoms with Crippen LogP contribution < -0.4 is 16.0 Å². The van der Waals surface area contributed by atoms with Crippen LogP contribution in [0.5, 0.6) is 0 Å². The number of carbonyl (C=O) groups is 3. The number of carboxylic acids is 1. The predicted octanol–water partition coefficient (Wildman–Crippen LogP) is 3.18. The number of carbonyl (C=O) groups excluding carboxylic acids is 2. The van der Waals surface area contributed by atoms with Gasteiger partial charge in [-0.05, 0) is 52.5 Å². The van der Waals surface area contributed by atoms with Crippen molar-refractivity contribution in [1.82, 2.24) is 10.6 Å². The van der Waals surface area contributed by atoms with Crippen molar-refractivity contribution in [3.63, 3.8) is 0 Å². The minimum atomic E-state index is -0.967. The third-order valence-corrected chi connectivity index (χ3v) is 6.18. The van der Waals surface area contributed by atoms with E-state index in [0.29, 0.717) is 18.7 Å². The molecular weight excluding hydrogens is 418 g/mol. The van der Waals surface area contributed by atoms with Gasteiger partial charge < -0.3 is 25.8 Å². The number of carboxylic acid groups (broad SMARTS) is 1. The molecule has 168 valence electrons. The zero-order valence-electron chi connectivity index (χ0n) is 18.0. The van der Waals surface area contributed by atoms with Crippen LogP contribution in [0.2, 0.25) is 0 Å². The summed E-state index contributed by atoms with van der Waals surface area (Å²) in [5.74, 6) is 4.99. The highest BCUT2D eigenvalue weighted by Gasteiger charge is 2.30. The summed E-state index contributed by atoms with van der Waals surface area (Å²) in [6.45, 7) is 6.55. The highest BCUT2D eigenvalue weighted by molar-refractivity contribution is 7.15. The molecule has 3 rings (SSSR count). The van der Waals surface area contributed by atoms with Crippen LogP contribution in [-0.4, -0.2) is 47.8 Å².